The van der Waals surface area contributed by atoms with Gasteiger partial charge < -0.3 is 10.1 Å². The molecule has 2 fully saturated rings. The maximum absolute atomic E-state index is 12.9. The number of nitrogens with zero attached hydrogens (tertiary/aromatic N) is 2. The zero-order valence-corrected chi connectivity index (χ0v) is 12.7. The largest absolute Gasteiger partial charge is 0.416 e. The number of hydrogen-bond acceptors (Lipinski definition) is 4. The Hall–Kier alpha value is -1.34. The molecule has 7 heteroatoms. The number of anilines is 1. The highest BCUT2D eigenvalue weighted by atomic mass is 19.4. The number of halogens is 3. The average molecular weight is 315 g/mol. The molecule has 4 nitrogen and oxygen atoms in total. The van der Waals surface area contributed by atoms with E-state index in [-0.39, 0.29) is 12.1 Å². The summed E-state index contributed by atoms with van der Waals surface area (Å²) in [7, 11) is 0. The number of nitrogens with one attached hydrogen (secondary N) is 1. The van der Waals surface area contributed by atoms with E-state index in [1.807, 2.05) is 6.92 Å². The highest BCUT2D eigenvalue weighted by molar-refractivity contribution is 5.42. The van der Waals surface area contributed by atoms with Crippen molar-refractivity contribution in [2.24, 2.45) is 0 Å². The van der Waals surface area contributed by atoms with Crippen molar-refractivity contribution in [2.75, 3.05) is 25.0 Å². The van der Waals surface area contributed by atoms with Crippen molar-refractivity contribution in [2.45, 2.75) is 44.6 Å². The van der Waals surface area contributed by atoms with Gasteiger partial charge in [-0.15, -0.1) is 0 Å². The smallest absolute Gasteiger partial charge is 0.376 e. The van der Waals surface area contributed by atoms with Crippen LogP contribution in [-0.2, 0) is 10.9 Å². The fourth-order valence-electron chi connectivity index (χ4n) is 3.26. The molecule has 0 aromatic carbocycles. The minimum Gasteiger partial charge on any atom is -0.376 e. The number of alkyl halides is 3. The molecule has 1 aromatic heterocycles. The van der Waals surface area contributed by atoms with Gasteiger partial charge >= 0.3 is 6.18 Å². The maximum atomic E-state index is 12.9. The first-order valence-electron chi connectivity index (χ1n) is 7.49. The summed E-state index contributed by atoms with van der Waals surface area (Å²) >= 11 is 0. The Morgan fingerprint density at radius 1 is 1.32 bits per heavy atom. The molecule has 3 rings (SSSR count). The Morgan fingerprint density at radius 3 is 2.82 bits per heavy atom. The lowest BCUT2D eigenvalue weighted by atomic mass is 10.1. The fourth-order valence-corrected chi connectivity index (χ4v) is 3.26. The molecule has 122 valence electrons. The van der Waals surface area contributed by atoms with Gasteiger partial charge in [0.2, 0.25) is 0 Å². The van der Waals surface area contributed by atoms with Crippen LogP contribution in [0.2, 0.25) is 0 Å². The number of hydrogen-bond donors (Lipinski definition) is 1. The van der Waals surface area contributed by atoms with E-state index < -0.39 is 11.7 Å². The van der Waals surface area contributed by atoms with Gasteiger partial charge in [0.1, 0.15) is 5.82 Å². The third-order valence-corrected chi connectivity index (χ3v) is 4.23. The van der Waals surface area contributed by atoms with Gasteiger partial charge in [-0.25, -0.2) is 4.98 Å². The first kappa shape index (κ1) is 15.6. The summed E-state index contributed by atoms with van der Waals surface area (Å²) < 4.78 is 44.2. The fraction of sp³-hybridized carbons (Fsp3) is 0.667. The molecule has 2 aliphatic rings. The van der Waals surface area contributed by atoms with Crippen molar-refractivity contribution in [3.63, 3.8) is 0 Å². The minimum absolute atomic E-state index is 0.106. The van der Waals surface area contributed by atoms with E-state index >= 15 is 0 Å². The van der Waals surface area contributed by atoms with E-state index in [1.54, 1.807) is 6.92 Å². The van der Waals surface area contributed by atoms with Crippen molar-refractivity contribution in [1.29, 1.82) is 0 Å². The van der Waals surface area contributed by atoms with Crippen molar-refractivity contribution in [3.05, 3.63) is 23.4 Å². The van der Waals surface area contributed by atoms with E-state index in [2.05, 4.69) is 15.2 Å². The van der Waals surface area contributed by atoms with E-state index in [1.165, 1.54) is 0 Å². The molecular weight excluding hydrogens is 295 g/mol. The summed E-state index contributed by atoms with van der Waals surface area (Å²) in [5.41, 5.74) is -0.292. The van der Waals surface area contributed by atoms with Gasteiger partial charge in [-0.05, 0) is 32.4 Å². The number of fused-ring (bicyclic) bond motifs is 1. The number of pyridine rings is 1. The number of aromatic nitrogens is 1. The highest BCUT2D eigenvalue weighted by Gasteiger charge is 2.37. The van der Waals surface area contributed by atoms with E-state index in [9.17, 15) is 13.2 Å². The number of rotatable bonds is 2. The molecule has 2 saturated heterocycles. The monoisotopic (exact) mass is 315 g/mol. The lowest BCUT2D eigenvalue weighted by molar-refractivity contribution is -0.137. The molecular formula is C15H20F3N3O. The third-order valence-electron chi connectivity index (χ3n) is 4.23. The summed E-state index contributed by atoms with van der Waals surface area (Å²) in [6, 6.07) is 2.61. The molecule has 2 aliphatic heterocycles. The van der Waals surface area contributed by atoms with Gasteiger partial charge in [0, 0.05) is 30.9 Å². The van der Waals surface area contributed by atoms with Crippen molar-refractivity contribution in [1.82, 2.24) is 9.88 Å². The molecule has 0 saturated carbocycles. The van der Waals surface area contributed by atoms with Crippen molar-refractivity contribution < 1.29 is 17.9 Å². The minimum atomic E-state index is -4.35. The maximum Gasteiger partial charge on any atom is 0.416 e. The molecule has 1 N–H and O–H groups in total. The summed E-state index contributed by atoms with van der Waals surface area (Å²) in [5, 5.41) is 3.16. The number of aryl methyl sites for hydroxylation is 1. The van der Waals surface area contributed by atoms with E-state index in [0.717, 1.165) is 31.6 Å². The second-order valence-corrected chi connectivity index (χ2v) is 6.21. The van der Waals surface area contributed by atoms with Crippen LogP contribution < -0.4 is 5.32 Å². The Labute approximate surface area is 127 Å². The molecule has 0 bridgehead atoms. The molecule has 3 heterocycles. The summed E-state index contributed by atoms with van der Waals surface area (Å²) in [6.07, 6.45) is -3.27. The second kappa shape index (κ2) is 5.70. The first-order chi connectivity index (χ1) is 10.3. The topological polar surface area (TPSA) is 37.4 Å². The standard InChI is InChI=1S/C15H20F3N3O/c1-9-3-11(15(16,17)18)4-14(19-9)20-12-5-13-8-22-10(2)6-21(13)7-12/h3-4,10,12-13H,5-8H2,1-2H3,(H,19,20)/t10-,12+,13-/m0/s1. The van der Waals surface area contributed by atoms with Gasteiger partial charge in [-0.2, -0.15) is 13.2 Å². The van der Waals surface area contributed by atoms with E-state index in [0.29, 0.717) is 24.2 Å². The second-order valence-electron chi connectivity index (χ2n) is 6.21. The quantitative estimate of drug-likeness (QED) is 0.910. The molecule has 0 radical (unpaired) electrons. The van der Waals surface area contributed by atoms with Crippen LogP contribution in [0, 0.1) is 6.92 Å². The summed E-state index contributed by atoms with van der Waals surface area (Å²) in [6.45, 7) is 5.99. The van der Waals surface area contributed by atoms with Gasteiger partial charge in [-0.3, -0.25) is 4.90 Å². The van der Waals surface area contributed by atoms with Gasteiger partial charge in [0.05, 0.1) is 18.3 Å². The molecule has 0 spiro atoms. The predicted octanol–water partition coefficient (Wildman–Crippen LogP) is 2.68. The molecule has 22 heavy (non-hydrogen) atoms. The van der Waals surface area contributed by atoms with Gasteiger partial charge in [0.25, 0.3) is 0 Å². The Balaban J connectivity index is 1.70. The summed E-state index contributed by atoms with van der Waals surface area (Å²) in [5.74, 6) is 0.297. The van der Waals surface area contributed by atoms with Crippen molar-refractivity contribution in [3.8, 4) is 0 Å². The average Bonchev–Trinajstić information content (AvgIpc) is 2.78. The van der Waals surface area contributed by atoms with Crippen LogP contribution in [0.1, 0.15) is 24.6 Å². The normalized spacial score (nSPS) is 29.4. The van der Waals surface area contributed by atoms with Crippen LogP contribution in [-0.4, -0.2) is 47.8 Å². The van der Waals surface area contributed by atoms with E-state index in [4.69, 9.17) is 4.74 Å². The Bertz CT molecular complexity index is 549. The first-order valence-corrected chi connectivity index (χ1v) is 7.49. The molecule has 3 atom stereocenters. The molecule has 1 aromatic rings. The van der Waals surface area contributed by atoms with Crippen LogP contribution in [0.3, 0.4) is 0 Å². The molecule has 0 amide bonds. The highest BCUT2D eigenvalue weighted by Crippen LogP contribution is 2.32. The Kier molecular flexibility index (Phi) is 4.03. The third kappa shape index (κ3) is 3.35. The lowest BCUT2D eigenvalue weighted by Gasteiger charge is -2.33. The SMILES string of the molecule is Cc1cc(C(F)(F)F)cc(N[C@@H]2C[C@H]3CO[C@@H](C)CN3C2)n1. The van der Waals surface area contributed by atoms with Gasteiger partial charge in [0.15, 0.2) is 0 Å². The van der Waals surface area contributed by atoms with Crippen LogP contribution in [0.4, 0.5) is 19.0 Å². The van der Waals surface area contributed by atoms with Crippen LogP contribution in [0.15, 0.2) is 12.1 Å². The van der Waals surface area contributed by atoms with Crippen LogP contribution in [0.25, 0.3) is 0 Å². The van der Waals surface area contributed by atoms with Crippen LogP contribution in [0.5, 0.6) is 0 Å². The van der Waals surface area contributed by atoms with Crippen molar-refractivity contribution >= 4 is 5.82 Å². The lowest BCUT2D eigenvalue weighted by Crippen LogP contribution is -2.45. The molecule has 0 unspecified atom stereocenters. The Morgan fingerprint density at radius 2 is 2.09 bits per heavy atom. The number of ether oxygens (including phenoxy) is 1. The molecule has 0 aliphatic carbocycles. The summed E-state index contributed by atoms with van der Waals surface area (Å²) in [4.78, 5) is 6.52. The zero-order chi connectivity index (χ0) is 15.9. The number of morpholine rings is 1. The van der Waals surface area contributed by atoms with Crippen LogP contribution >= 0.6 is 0 Å². The zero-order valence-electron chi connectivity index (χ0n) is 12.7. The predicted molar refractivity (Wildman–Crippen MR) is 76.8 cm³/mol. The van der Waals surface area contributed by atoms with Gasteiger partial charge in [-0.1, -0.05) is 0 Å².